The predicted octanol–water partition coefficient (Wildman–Crippen LogP) is 0.646. The first-order chi connectivity index (χ1) is 7.65. The Morgan fingerprint density at radius 3 is 2.81 bits per heavy atom. The number of benzene rings is 1. The molecule has 1 unspecified atom stereocenters. The van der Waals surface area contributed by atoms with Crippen molar-refractivity contribution < 1.29 is 9.90 Å². The zero-order valence-electron chi connectivity index (χ0n) is 9.44. The van der Waals surface area contributed by atoms with E-state index in [0.717, 1.165) is 5.56 Å². The minimum absolute atomic E-state index is 0.347. The second kappa shape index (κ2) is 6.25. The molecule has 1 aromatic rings. The molecule has 4 N–H and O–H groups in total. The summed E-state index contributed by atoms with van der Waals surface area (Å²) in [6.45, 7) is 2.98. The zero-order valence-corrected chi connectivity index (χ0v) is 9.44. The van der Waals surface area contributed by atoms with Gasteiger partial charge < -0.3 is 16.2 Å². The predicted molar refractivity (Wildman–Crippen MR) is 63.0 cm³/mol. The molecule has 0 radical (unpaired) electrons. The summed E-state index contributed by atoms with van der Waals surface area (Å²) >= 11 is 0. The van der Waals surface area contributed by atoms with Crippen LogP contribution in [-0.2, 0) is 6.54 Å². The number of carbonyl (C=O) groups excluding carboxylic acids is 1. The molecule has 0 aromatic heterocycles. The highest BCUT2D eigenvalue weighted by atomic mass is 16.3. The van der Waals surface area contributed by atoms with Crippen LogP contribution in [0.1, 0.15) is 29.3 Å². The second-order valence-electron chi connectivity index (χ2n) is 3.71. The number of nitrogens with one attached hydrogen (secondary N) is 1. The van der Waals surface area contributed by atoms with Gasteiger partial charge in [0.05, 0.1) is 6.10 Å². The number of rotatable bonds is 6. The van der Waals surface area contributed by atoms with E-state index < -0.39 is 5.91 Å². The van der Waals surface area contributed by atoms with Crippen LogP contribution in [0, 0.1) is 0 Å². The van der Waals surface area contributed by atoms with E-state index >= 15 is 0 Å². The second-order valence-corrected chi connectivity index (χ2v) is 3.71. The Balaban J connectivity index is 2.56. The molecule has 88 valence electrons. The summed E-state index contributed by atoms with van der Waals surface area (Å²) in [5.74, 6) is -0.423. The molecule has 4 heteroatoms. The van der Waals surface area contributed by atoms with E-state index in [1.807, 2.05) is 19.1 Å². The molecule has 0 heterocycles. The van der Waals surface area contributed by atoms with Crippen LogP contribution >= 0.6 is 0 Å². The van der Waals surface area contributed by atoms with Gasteiger partial charge in [-0.15, -0.1) is 0 Å². The van der Waals surface area contributed by atoms with Crippen LogP contribution < -0.4 is 11.1 Å². The number of aliphatic hydroxyl groups excluding tert-OH is 1. The fourth-order valence-electron chi connectivity index (χ4n) is 1.43. The van der Waals surface area contributed by atoms with Crippen LogP contribution in [0.5, 0.6) is 0 Å². The molecule has 0 saturated carbocycles. The van der Waals surface area contributed by atoms with Gasteiger partial charge in [0.1, 0.15) is 0 Å². The third kappa shape index (κ3) is 3.64. The molecule has 0 bridgehead atoms. The van der Waals surface area contributed by atoms with Crippen molar-refractivity contribution in [2.24, 2.45) is 5.73 Å². The van der Waals surface area contributed by atoms with Gasteiger partial charge in [0.25, 0.3) is 0 Å². The van der Waals surface area contributed by atoms with Crippen LogP contribution in [0.3, 0.4) is 0 Å². The number of aliphatic hydroxyl groups is 1. The fourth-order valence-corrected chi connectivity index (χ4v) is 1.43. The first kappa shape index (κ1) is 12.7. The maximum Gasteiger partial charge on any atom is 0.249 e. The Morgan fingerprint density at radius 2 is 2.19 bits per heavy atom. The lowest BCUT2D eigenvalue weighted by Gasteiger charge is -2.11. The van der Waals surface area contributed by atoms with Crippen molar-refractivity contribution in [3.8, 4) is 0 Å². The van der Waals surface area contributed by atoms with Crippen LogP contribution in [-0.4, -0.2) is 23.7 Å². The van der Waals surface area contributed by atoms with E-state index in [2.05, 4.69) is 5.32 Å². The van der Waals surface area contributed by atoms with Crippen LogP contribution in [0.15, 0.2) is 24.3 Å². The standard InChI is InChI=1S/C12H18N2O2/c1-2-10(15)8-14-7-9-5-3-4-6-11(9)12(13)16/h3-6,10,14-15H,2,7-8H2,1H3,(H2,13,16). The van der Waals surface area contributed by atoms with Gasteiger partial charge in [0, 0.05) is 18.7 Å². The first-order valence-corrected chi connectivity index (χ1v) is 5.41. The minimum Gasteiger partial charge on any atom is -0.392 e. The highest BCUT2D eigenvalue weighted by Gasteiger charge is 2.07. The number of hydrogen-bond acceptors (Lipinski definition) is 3. The van der Waals surface area contributed by atoms with Crippen molar-refractivity contribution in [1.29, 1.82) is 0 Å². The average Bonchev–Trinajstić information content (AvgIpc) is 2.29. The molecule has 0 fully saturated rings. The van der Waals surface area contributed by atoms with Gasteiger partial charge in [0.2, 0.25) is 5.91 Å². The molecular weight excluding hydrogens is 204 g/mol. The number of carbonyl (C=O) groups is 1. The van der Waals surface area contributed by atoms with Gasteiger partial charge >= 0.3 is 0 Å². The molecular formula is C12H18N2O2. The maximum atomic E-state index is 11.1. The van der Waals surface area contributed by atoms with Gasteiger partial charge in [-0.05, 0) is 18.1 Å². The Morgan fingerprint density at radius 1 is 1.50 bits per heavy atom. The smallest absolute Gasteiger partial charge is 0.249 e. The molecule has 1 aromatic carbocycles. The van der Waals surface area contributed by atoms with Crippen LogP contribution in [0.2, 0.25) is 0 Å². The van der Waals surface area contributed by atoms with Crippen LogP contribution in [0.4, 0.5) is 0 Å². The monoisotopic (exact) mass is 222 g/mol. The maximum absolute atomic E-state index is 11.1. The molecule has 1 amide bonds. The lowest BCUT2D eigenvalue weighted by Crippen LogP contribution is -2.27. The normalized spacial score (nSPS) is 12.4. The van der Waals surface area contributed by atoms with E-state index in [-0.39, 0.29) is 6.10 Å². The topological polar surface area (TPSA) is 75.3 Å². The van der Waals surface area contributed by atoms with E-state index in [0.29, 0.717) is 25.1 Å². The van der Waals surface area contributed by atoms with Crippen molar-refractivity contribution in [2.45, 2.75) is 26.0 Å². The molecule has 16 heavy (non-hydrogen) atoms. The third-order valence-electron chi connectivity index (χ3n) is 2.45. The van der Waals surface area contributed by atoms with Crippen LogP contribution in [0.25, 0.3) is 0 Å². The molecule has 0 aliphatic heterocycles. The highest BCUT2D eigenvalue weighted by Crippen LogP contribution is 2.07. The van der Waals surface area contributed by atoms with Gasteiger partial charge in [-0.2, -0.15) is 0 Å². The molecule has 0 aliphatic rings. The Hall–Kier alpha value is -1.39. The molecule has 1 atom stereocenters. The van der Waals surface area contributed by atoms with Crippen molar-refractivity contribution >= 4 is 5.91 Å². The number of nitrogens with two attached hydrogens (primary N) is 1. The number of amides is 1. The molecule has 4 nitrogen and oxygen atoms in total. The Kier molecular flexibility index (Phi) is 4.95. The summed E-state index contributed by atoms with van der Waals surface area (Å²) in [5.41, 5.74) is 6.64. The van der Waals surface area contributed by atoms with Crippen molar-refractivity contribution in [2.75, 3.05) is 6.54 Å². The van der Waals surface area contributed by atoms with E-state index in [4.69, 9.17) is 5.73 Å². The third-order valence-corrected chi connectivity index (χ3v) is 2.45. The zero-order chi connectivity index (χ0) is 12.0. The summed E-state index contributed by atoms with van der Waals surface area (Å²) in [7, 11) is 0. The number of hydrogen-bond donors (Lipinski definition) is 3. The van der Waals surface area contributed by atoms with Gasteiger partial charge in [-0.3, -0.25) is 4.79 Å². The average molecular weight is 222 g/mol. The Labute approximate surface area is 95.5 Å². The van der Waals surface area contributed by atoms with Gasteiger partial charge in [-0.25, -0.2) is 0 Å². The Bertz CT molecular complexity index is 353. The SMILES string of the molecule is CCC(O)CNCc1ccccc1C(N)=O. The number of primary amides is 1. The summed E-state index contributed by atoms with van der Waals surface area (Å²) < 4.78 is 0. The van der Waals surface area contributed by atoms with Crippen molar-refractivity contribution in [1.82, 2.24) is 5.32 Å². The molecule has 0 saturated heterocycles. The molecule has 1 rings (SSSR count). The lowest BCUT2D eigenvalue weighted by atomic mass is 10.1. The molecule has 0 aliphatic carbocycles. The first-order valence-electron chi connectivity index (χ1n) is 5.41. The largest absolute Gasteiger partial charge is 0.392 e. The lowest BCUT2D eigenvalue weighted by molar-refractivity contribution is 0.0999. The summed E-state index contributed by atoms with van der Waals surface area (Å²) in [6, 6.07) is 7.20. The quantitative estimate of drug-likeness (QED) is 0.661. The van der Waals surface area contributed by atoms with E-state index in [1.165, 1.54) is 0 Å². The molecule has 0 spiro atoms. The van der Waals surface area contributed by atoms with Crippen molar-refractivity contribution in [3.63, 3.8) is 0 Å². The fraction of sp³-hybridized carbons (Fsp3) is 0.417. The summed E-state index contributed by atoms with van der Waals surface area (Å²) in [6.07, 6.45) is 0.366. The summed E-state index contributed by atoms with van der Waals surface area (Å²) in [4.78, 5) is 11.1. The van der Waals surface area contributed by atoms with E-state index in [1.54, 1.807) is 12.1 Å². The highest BCUT2D eigenvalue weighted by molar-refractivity contribution is 5.94. The minimum atomic E-state index is -0.423. The van der Waals surface area contributed by atoms with E-state index in [9.17, 15) is 9.90 Å². The van der Waals surface area contributed by atoms with Crippen molar-refractivity contribution in [3.05, 3.63) is 35.4 Å². The summed E-state index contributed by atoms with van der Waals surface area (Å²) in [5, 5.41) is 12.5. The van der Waals surface area contributed by atoms with Gasteiger partial charge in [-0.1, -0.05) is 25.1 Å². The van der Waals surface area contributed by atoms with Gasteiger partial charge in [0.15, 0.2) is 0 Å².